The van der Waals surface area contributed by atoms with Gasteiger partial charge in [0.2, 0.25) is 4.84 Å². The molecule has 0 fully saturated rings. The molecule has 160 valence electrons. The predicted molar refractivity (Wildman–Crippen MR) is 119 cm³/mol. The summed E-state index contributed by atoms with van der Waals surface area (Å²) in [5, 5.41) is 4.77. The summed E-state index contributed by atoms with van der Waals surface area (Å²) in [5.41, 5.74) is 4.53. The molecular weight excluding hydrogens is 469 g/mol. The van der Waals surface area contributed by atoms with Gasteiger partial charge in [0.15, 0.2) is 0 Å². The zero-order valence-electron chi connectivity index (χ0n) is 15.7. The number of alkyl halides is 4. The van der Waals surface area contributed by atoms with Gasteiger partial charge in [-0.1, -0.05) is 65.1 Å². The number of ether oxygens (including phenoxy) is 1. The number of hydrogen-bond acceptors (Lipinski definition) is 3. The highest BCUT2D eigenvalue weighted by Crippen LogP contribution is 2.30. The van der Waals surface area contributed by atoms with Gasteiger partial charge in [0.25, 0.3) is 5.91 Å². The highest BCUT2D eigenvalue weighted by atomic mass is 35.5. The van der Waals surface area contributed by atoms with Crippen LogP contribution in [0.25, 0.3) is 0 Å². The Labute approximate surface area is 192 Å². The van der Waals surface area contributed by atoms with Crippen LogP contribution in [0, 0.1) is 0 Å². The van der Waals surface area contributed by atoms with Gasteiger partial charge in [-0.25, -0.2) is 5.43 Å². The summed E-state index contributed by atoms with van der Waals surface area (Å²) in [7, 11) is 0. The van der Waals surface area contributed by atoms with Crippen LogP contribution in [-0.4, -0.2) is 22.6 Å². The maximum Gasteiger partial charge on any atom is 0.428 e. The lowest BCUT2D eigenvalue weighted by atomic mass is 10.0. The molecule has 0 aliphatic carbocycles. The van der Waals surface area contributed by atoms with E-state index < -0.39 is 16.9 Å². The van der Waals surface area contributed by atoms with Crippen LogP contribution < -0.4 is 10.2 Å². The van der Waals surface area contributed by atoms with Gasteiger partial charge in [0.05, 0.1) is 5.71 Å². The Bertz CT molecular complexity index is 1060. The van der Waals surface area contributed by atoms with Crippen molar-refractivity contribution in [1.82, 2.24) is 5.43 Å². The Morgan fingerprint density at radius 3 is 1.97 bits per heavy atom. The first-order valence-electron chi connectivity index (χ1n) is 8.91. The molecule has 9 heteroatoms. The number of carbonyl (C=O) groups excluding carboxylic acids is 1. The average Bonchev–Trinajstić information content (AvgIpc) is 2.76. The minimum Gasteiger partial charge on any atom is -0.431 e. The van der Waals surface area contributed by atoms with E-state index in [0.29, 0.717) is 27.4 Å². The molecule has 0 aromatic heterocycles. The SMILES string of the molecule is O=C(NN=C(c1ccc(Cl)cc1)c1ccc(OC(F)(F)C(Cl)Cl)cc1)c1ccccc1. The molecule has 0 heterocycles. The Kier molecular flexibility index (Phi) is 7.49. The molecule has 0 radical (unpaired) electrons. The molecular formula is C22H15Cl3F2N2O2. The second-order valence-corrected chi connectivity index (χ2v) is 7.80. The van der Waals surface area contributed by atoms with Crippen molar-refractivity contribution in [2.45, 2.75) is 10.9 Å². The molecule has 1 N–H and O–H groups in total. The number of halogens is 5. The van der Waals surface area contributed by atoms with E-state index in [1.807, 2.05) is 0 Å². The van der Waals surface area contributed by atoms with Crippen molar-refractivity contribution in [3.63, 3.8) is 0 Å². The van der Waals surface area contributed by atoms with Gasteiger partial charge in [0, 0.05) is 21.7 Å². The van der Waals surface area contributed by atoms with Gasteiger partial charge in [-0.2, -0.15) is 13.9 Å². The molecule has 0 unspecified atom stereocenters. The first kappa shape index (κ1) is 23.0. The summed E-state index contributed by atoms with van der Waals surface area (Å²) in [6, 6.07) is 21.0. The lowest BCUT2D eigenvalue weighted by Crippen LogP contribution is -2.32. The van der Waals surface area contributed by atoms with Crippen molar-refractivity contribution in [2.75, 3.05) is 0 Å². The van der Waals surface area contributed by atoms with Crippen molar-refractivity contribution in [2.24, 2.45) is 5.10 Å². The number of carbonyl (C=O) groups is 1. The third kappa shape index (κ3) is 6.17. The van der Waals surface area contributed by atoms with Crippen LogP contribution in [0.1, 0.15) is 21.5 Å². The first-order valence-corrected chi connectivity index (χ1v) is 10.2. The molecule has 4 nitrogen and oxygen atoms in total. The highest BCUT2D eigenvalue weighted by Gasteiger charge is 2.40. The van der Waals surface area contributed by atoms with Crippen LogP contribution in [0.15, 0.2) is 84.0 Å². The van der Waals surface area contributed by atoms with E-state index in [-0.39, 0.29) is 5.75 Å². The Hall–Kier alpha value is -2.67. The van der Waals surface area contributed by atoms with Crippen LogP contribution in [0.3, 0.4) is 0 Å². The fraction of sp³-hybridized carbons (Fsp3) is 0.0909. The predicted octanol–water partition coefficient (Wildman–Crippen LogP) is 6.30. The maximum atomic E-state index is 13.6. The minimum absolute atomic E-state index is 0.135. The molecule has 0 saturated carbocycles. The topological polar surface area (TPSA) is 50.7 Å². The van der Waals surface area contributed by atoms with Crippen LogP contribution in [0.4, 0.5) is 8.78 Å². The monoisotopic (exact) mass is 482 g/mol. The van der Waals surface area contributed by atoms with E-state index in [1.54, 1.807) is 54.6 Å². The number of amides is 1. The van der Waals surface area contributed by atoms with Gasteiger partial charge in [0.1, 0.15) is 5.75 Å². The number of benzene rings is 3. The number of hydrogen-bond donors (Lipinski definition) is 1. The zero-order valence-corrected chi connectivity index (χ0v) is 18.0. The van der Waals surface area contributed by atoms with Crippen molar-refractivity contribution >= 4 is 46.4 Å². The van der Waals surface area contributed by atoms with Crippen LogP contribution in [0.2, 0.25) is 5.02 Å². The maximum absolute atomic E-state index is 13.6. The Balaban J connectivity index is 1.89. The summed E-state index contributed by atoms with van der Waals surface area (Å²) >= 11 is 16.4. The molecule has 0 aliphatic heterocycles. The van der Waals surface area contributed by atoms with Gasteiger partial charge < -0.3 is 4.74 Å². The molecule has 31 heavy (non-hydrogen) atoms. The van der Waals surface area contributed by atoms with Gasteiger partial charge in [-0.15, -0.1) is 0 Å². The second kappa shape index (κ2) is 10.1. The fourth-order valence-electron chi connectivity index (χ4n) is 2.55. The molecule has 3 aromatic carbocycles. The lowest BCUT2D eigenvalue weighted by molar-refractivity contribution is -0.163. The Morgan fingerprint density at radius 2 is 1.42 bits per heavy atom. The van der Waals surface area contributed by atoms with Gasteiger partial charge in [-0.3, -0.25) is 4.79 Å². The van der Waals surface area contributed by atoms with Crippen LogP contribution in [0.5, 0.6) is 5.75 Å². The summed E-state index contributed by atoms with van der Waals surface area (Å²) in [4.78, 5) is 10.4. The smallest absolute Gasteiger partial charge is 0.428 e. The zero-order chi connectivity index (χ0) is 22.4. The molecule has 0 atom stereocenters. The van der Waals surface area contributed by atoms with E-state index in [1.165, 1.54) is 24.3 Å². The average molecular weight is 484 g/mol. The van der Waals surface area contributed by atoms with E-state index in [4.69, 9.17) is 34.8 Å². The normalized spacial score (nSPS) is 12.0. The molecule has 0 saturated heterocycles. The van der Waals surface area contributed by atoms with Crippen molar-refractivity contribution in [3.05, 3.63) is 101 Å². The molecule has 3 aromatic rings. The van der Waals surface area contributed by atoms with Crippen LogP contribution in [-0.2, 0) is 0 Å². The van der Waals surface area contributed by atoms with E-state index >= 15 is 0 Å². The standard InChI is InChI=1S/C22H15Cl3F2N2O2/c23-17-10-6-14(7-11-17)19(28-29-20(30)16-4-2-1-3-5-16)15-8-12-18(13-9-15)31-22(26,27)21(24)25/h1-13,21H,(H,29,30). The van der Waals surface area contributed by atoms with Crippen molar-refractivity contribution in [1.29, 1.82) is 0 Å². The van der Waals surface area contributed by atoms with Gasteiger partial charge in [-0.05, 0) is 48.5 Å². The largest absolute Gasteiger partial charge is 0.431 e. The lowest BCUT2D eigenvalue weighted by Gasteiger charge is -2.18. The van der Waals surface area contributed by atoms with E-state index in [0.717, 1.165) is 0 Å². The molecule has 0 aliphatic rings. The minimum atomic E-state index is -3.75. The molecule has 0 bridgehead atoms. The number of hydrazone groups is 1. The van der Waals surface area contributed by atoms with Crippen LogP contribution >= 0.6 is 34.8 Å². The number of rotatable bonds is 7. The number of nitrogens with zero attached hydrogens (tertiary/aromatic N) is 1. The first-order chi connectivity index (χ1) is 14.8. The second-order valence-electron chi connectivity index (χ2n) is 6.26. The quantitative estimate of drug-likeness (QED) is 0.244. The van der Waals surface area contributed by atoms with Gasteiger partial charge >= 0.3 is 6.11 Å². The summed E-state index contributed by atoms with van der Waals surface area (Å²) in [6.07, 6.45) is -3.75. The third-order valence-electron chi connectivity index (χ3n) is 4.06. The van der Waals surface area contributed by atoms with Crippen molar-refractivity contribution < 1.29 is 18.3 Å². The molecule has 3 rings (SSSR count). The molecule has 0 spiro atoms. The summed E-state index contributed by atoms with van der Waals surface area (Å²) < 4.78 is 31.7. The third-order valence-corrected chi connectivity index (χ3v) is 4.82. The number of nitrogens with one attached hydrogen (secondary N) is 1. The summed E-state index contributed by atoms with van der Waals surface area (Å²) in [5.74, 6) is -0.536. The Morgan fingerprint density at radius 1 is 0.871 bits per heavy atom. The molecule has 1 amide bonds. The van der Waals surface area contributed by atoms with E-state index in [9.17, 15) is 13.6 Å². The van der Waals surface area contributed by atoms with Crippen molar-refractivity contribution in [3.8, 4) is 5.75 Å². The fourth-order valence-corrected chi connectivity index (χ4v) is 2.76. The van der Waals surface area contributed by atoms with E-state index in [2.05, 4.69) is 15.3 Å². The summed E-state index contributed by atoms with van der Waals surface area (Å²) in [6.45, 7) is 0. The highest BCUT2D eigenvalue weighted by molar-refractivity contribution is 6.44.